The Labute approximate surface area is 145 Å². The number of nitrogens with two attached hydrogens (primary N) is 1. The number of fused-ring (bicyclic) bond motifs is 1. The summed E-state index contributed by atoms with van der Waals surface area (Å²) in [5, 5.41) is 8.98. The molecule has 3 rings (SSSR count). The average Bonchev–Trinajstić information content (AvgIpc) is 2.58. The van der Waals surface area contributed by atoms with E-state index in [0.29, 0.717) is 36.7 Å². The monoisotopic (exact) mass is 368 g/mol. The van der Waals surface area contributed by atoms with Crippen LogP contribution in [-0.2, 0) is 15.0 Å². The molecule has 1 aromatic rings. The van der Waals surface area contributed by atoms with Gasteiger partial charge in [-0.25, -0.2) is 0 Å². The van der Waals surface area contributed by atoms with Crippen LogP contribution in [0.15, 0.2) is 22.6 Å². The number of amides is 1. The minimum Gasteiger partial charge on any atom is -0.492 e. The molecule has 0 aliphatic carbocycles. The third kappa shape index (κ3) is 3.85. The van der Waals surface area contributed by atoms with E-state index in [-0.39, 0.29) is 17.7 Å². The van der Waals surface area contributed by atoms with Gasteiger partial charge in [0.05, 0.1) is 17.9 Å². The van der Waals surface area contributed by atoms with Gasteiger partial charge in [-0.2, -0.15) is 8.42 Å². The standard InChI is InChI=1S/C15H20N4O5S/c16-15-14-11(17-25(22,23)18-15)4-1-5-12(14)24-9-10-3-2-6-19(7-10)13(21)8-20/h1,4-5,10,17,20H,2-3,6-9H2,(H2,16,18)/t10-/m0/s1. The zero-order chi connectivity index (χ0) is 18.0. The van der Waals surface area contributed by atoms with Crippen LogP contribution in [0.25, 0.3) is 0 Å². The van der Waals surface area contributed by atoms with Gasteiger partial charge in [-0.1, -0.05) is 6.07 Å². The maximum Gasteiger partial charge on any atom is 0.344 e. The van der Waals surface area contributed by atoms with Crippen molar-refractivity contribution in [3.63, 3.8) is 0 Å². The normalized spacial score (nSPS) is 21.7. The molecule has 0 aromatic heterocycles. The summed E-state index contributed by atoms with van der Waals surface area (Å²) in [6, 6.07) is 4.95. The largest absolute Gasteiger partial charge is 0.492 e. The number of aliphatic hydroxyl groups excluding tert-OH is 1. The average molecular weight is 368 g/mol. The first-order valence-electron chi connectivity index (χ1n) is 7.92. The third-order valence-corrected chi connectivity index (χ3v) is 5.14. The summed E-state index contributed by atoms with van der Waals surface area (Å²) in [4.78, 5) is 13.2. The van der Waals surface area contributed by atoms with Gasteiger partial charge in [0.2, 0.25) is 5.91 Å². The molecule has 1 saturated heterocycles. The molecule has 1 atom stereocenters. The Morgan fingerprint density at radius 2 is 2.28 bits per heavy atom. The van der Waals surface area contributed by atoms with Gasteiger partial charge in [0.25, 0.3) is 0 Å². The lowest BCUT2D eigenvalue weighted by molar-refractivity contribution is -0.136. The SMILES string of the molecule is NC1=NS(=O)(=O)Nc2cccc(OC[C@H]3CCCN(C(=O)CO)C3)c21. The van der Waals surface area contributed by atoms with Crippen molar-refractivity contribution in [1.82, 2.24) is 4.90 Å². The highest BCUT2D eigenvalue weighted by molar-refractivity contribution is 7.91. The molecule has 1 amide bonds. The second kappa shape index (κ2) is 6.89. The van der Waals surface area contributed by atoms with Gasteiger partial charge in [0.15, 0.2) is 5.84 Å². The van der Waals surface area contributed by atoms with Crippen molar-refractivity contribution >= 4 is 27.6 Å². The minimum atomic E-state index is -3.83. The molecule has 25 heavy (non-hydrogen) atoms. The van der Waals surface area contributed by atoms with Crippen LogP contribution >= 0.6 is 0 Å². The minimum absolute atomic E-state index is 0.120. The summed E-state index contributed by atoms with van der Waals surface area (Å²) in [5.74, 6) is 0.156. The molecule has 136 valence electrons. The lowest BCUT2D eigenvalue weighted by Gasteiger charge is -2.32. The van der Waals surface area contributed by atoms with Crippen LogP contribution in [0, 0.1) is 5.92 Å². The molecule has 0 radical (unpaired) electrons. The molecular weight excluding hydrogens is 348 g/mol. The van der Waals surface area contributed by atoms with Crippen LogP contribution in [0.5, 0.6) is 5.75 Å². The van der Waals surface area contributed by atoms with Gasteiger partial charge in [-0.15, -0.1) is 4.40 Å². The molecule has 2 aliphatic heterocycles. The number of carbonyl (C=O) groups excluding carboxylic acids is 1. The first-order chi connectivity index (χ1) is 11.9. The molecular formula is C15H20N4O5S. The fourth-order valence-corrected chi connectivity index (χ4v) is 3.92. The number of likely N-dealkylation sites (tertiary alicyclic amines) is 1. The van der Waals surface area contributed by atoms with Crippen LogP contribution < -0.4 is 15.2 Å². The lowest BCUT2D eigenvalue weighted by Crippen LogP contribution is -2.42. The zero-order valence-corrected chi connectivity index (χ0v) is 14.3. The summed E-state index contributed by atoms with van der Waals surface area (Å²) in [7, 11) is -3.83. The number of anilines is 1. The molecule has 0 spiro atoms. The van der Waals surface area contributed by atoms with Gasteiger partial charge in [0, 0.05) is 19.0 Å². The number of hydrogen-bond donors (Lipinski definition) is 3. The first-order valence-corrected chi connectivity index (χ1v) is 9.36. The second-order valence-electron chi connectivity index (χ2n) is 6.05. The van der Waals surface area contributed by atoms with Crippen molar-refractivity contribution in [2.45, 2.75) is 12.8 Å². The Kier molecular flexibility index (Phi) is 4.82. The number of aliphatic hydroxyl groups is 1. The van der Waals surface area contributed by atoms with E-state index in [1.807, 2.05) is 0 Å². The number of benzene rings is 1. The van der Waals surface area contributed by atoms with Gasteiger partial charge in [-0.05, 0) is 25.0 Å². The predicted molar refractivity (Wildman–Crippen MR) is 91.6 cm³/mol. The number of carbonyl (C=O) groups is 1. The molecule has 0 bridgehead atoms. The molecule has 10 heteroatoms. The first kappa shape index (κ1) is 17.5. The Morgan fingerprint density at radius 3 is 3.04 bits per heavy atom. The van der Waals surface area contributed by atoms with E-state index < -0.39 is 16.8 Å². The molecule has 2 aliphatic rings. The van der Waals surface area contributed by atoms with E-state index in [1.54, 1.807) is 23.1 Å². The molecule has 4 N–H and O–H groups in total. The van der Waals surface area contributed by atoms with Crippen molar-refractivity contribution < 1.29 is 23.1 Å². The van der Waals surface area contributed by atoms with Crippen molar-refractivity contribution in [1.29, 1.82) is 0 Å². The highest BCUT2D eigenvalue weighted by atomic mass is 32.2. The maximum atomic E-state index is 11.6. The fourth-order valence-electron chi connectivity index (χ4n) is 3.07. The molecule has 1 fully saturated rings. The number of hydrogen-bond acceptors (Lipinski definition) is 6. The topological polar surface area (TPSA) is 134 Å². The summed E-state index contributed by atoms with van der Waals surface area (Å²) in [5.41, 5.74) is 6.52. The molecule has 2 heterocycles. The molecule has 9 nitrogen and oxygen atoms in total. The highest BCUT2D eigenvalue weighted by Crippen LogP contribution is 2.31. The molecule has 0 saturated carbocycles. The van der Waals surface area contributed by atoms with Crippen molar-refractivity contribution in [3.8, 4) is 5.75 Å². The number of nitrogens with zero attached hydrogens (tertiary/aromatic N) is 2. The third-order valence-electron chi connectivity index (χ3n) is 4.22. The van der Waals surface area contributed by atoms with E-state index in [9.17, 15) is 13.2 Å². The second-order valence-corrected chi connectivity index (χ2v) is 7.39. The number of nitrogens with one attached hydrogen (secondary N) is 1. The number of amidine groups is 1. The Balaban J connectivity index is 1.72. The summed E-state index contributed by atoms with van der Waals surface area (Å²) >= 11 is 0. The van der Waals surface area contributed by atoms with Gasteiger partial charge >= 0.3 is 10.2 Å². The van der Waals surface area contributed by atoms with Crippen LogP contribution in [0.2, 0.25) is 0 Å². The van der Waals surface area contributed by atoms with Crippen molar-refractivity contribution in [3.05, 3.63) is 23.8 Å². The number of rotatable bonds is 4. The van der Waals surface area contributed by atoms with E-state index >= 15 is 0 Å². The summed E-state index contributed by atoms with van der Waals surface area (Å²) in [6.45, 7) is 1.02. The zero-order valence-electron chi connectivity index (χ0n) is 13.5. The van der Waals surface area contributed by atoms with E-state index in [1.165, 1.54) is 0 Å². The van der Waals surface area contributed by atoms with E-state index in [0.717, 1.165) is 12.8 Å². The molecule has 1 aromatic carbocycles. The lowest BCUT2D eigenvalue weighted by atomic mass is 9.99. The molecule has 0 unspecified atom stereocenters. The number of ether oxygens (including phenoxy) is 1. The van der Waals surface area contributed by atoms with Crippen LogP contribution in [0.4, 0.5) is 5.69 Å². The summed E-state index contributed by atoms with van der Waals surface area (Å²) in [6.07, 6.45) is 1.75. The predicted octanol–water partition coefficient (Wildman–Crippen LogP) is -0.328. The van der Waals surface area contributed by atoms with Crippen molar-refractivity contribution in [2.75, 3.05) is 31.0 Å². The quantitative estimate of drug-likeness (QED) is 0.666. The van der Waals surface area contributed by atoms with Crippen molar-refractivity contribution in [2.24, 2.45) is 16.0 Å². The van der Waals surface area contributed by atoms with Crippen LogP contribution in [-0.4, -0.2) is 56.5 Å². The summed E-state index contributed by atoms with van der Waals surface area (Å²) < 4.78 is 34.8. The van der Waals surface area contributed by atoms with Crippen LogP contribution in [0.1, 0.15) is 18.4 Å². The Bertz CT molecular complexity index is 808. The van der Waals surface area contributed by atoms with Gasteiger partial charge < -0.3 is 20.5 Å². The van der Waals surface area contributed by atoms with E-state index in [4.69, 9.17) is 15.6 Å². The van der Waals surface area contributed by atoms with Gasteiger partial charge in [-0.3, -0.25) is 9.52 Å². The Morgan fingerprint density at radius 1 is 1.48 bits per heavy atom. The van der Waals surface area contributed by atoms with Gasteiger partial charge in [0.1, 0.15) is 12.4 Å². The smallest absolute Gasteiger partial charge is 0.344 e. The van der Waals surface area contributed by atoms with E-state index in [2.05, 4.69) is 9.12 Å². The fraction of sp³-hybridized carbons (Fsp3) is 0.467. The Hall–Kier alpha value is -2.33. The van der Waals surface area contributed by atoms with Crippen LogP contribution in [0.3, 0.4) is 0 Å². The maximum absolute atomic E-state index is 11.6. The highest BCUT2D eigenvalue weighted by Gasteiger charge is 2.26. The number of piperidine rings is 1.